The number of hydrogen-bond donors (Lipinski definition) is 1. The van der Waals surface area contributed by atoms with Gasteiger partial charge < -0.3 is 10.5 Å². The van der Waals surface area contributed by atoms with Crippen LogP contribution in [-0.4, -0.2) is 6.61 Å². The van der Waals surface area contributed by atoms with Gasteiger partial charge in [0.15, 0.2) is 0 Å². The van der Waals surface area contributed by atoms with Crippen molar-refractivity contribution in [3.63, 3.8) is 0 Å². The minimum absolute atomic E-state index is 0. The van der Waals surface area contributed by atoms with Crippen LogP contribution >= 0.6 is 12.4 Å². The molecular weight excluding hydrogens is 236 g/mol. The Morgan fingerprint density at radius 1 is 1.25 bits per heavy atom. The Bertz CT molecular complexity index is 345. The SMILES string of the molecule is Cl.N[C@@H](c1ccccc1OC(F)F)C1CC1. The molecule has 1 fully saturated rings. The zero-order valence-electron chi connectivity index (χ0n) is 8.61. The molecule has 0 bridgehead atoms. The topological polar surface area (TPSA) is 35.2 Å². The lowest BCUT2D eigenvalue weighted by atomic mass is 10.0. The van der Waals surface area contributed by atoms with Crippen molar-refractivity contribution in [1.29, 1.82) is 0 Å². The maximum Gasteiger partial charge on any atom is 0.387 e. The fraction of sp³-hybridized carbons (Fsp3) is 0.455. The molecule has 0 aliphatic heterocycles. The fourth-order valence-corrected chi connectivity index (χ4v) is 1.67. The van der Waals surface area contributed by atoms with Crippen molar-refractivity contribution in [3.8, 4) is 5.75 Å². The van der Waals surface area contributed by atoms with E-state index in [4.69, 9.17) is 5.73 Å². The second-order valence-electron chi connectivity index (χ2n) is 3.78. The third kappa shape index (κ3) is 3.06. The standard InChI is InChI=1S/C11H13F2NO.ClH/c12-11(13)15-9-4-2-1-3-8(9)10(14)7-5-6-7;/h1-4,7,10-11H,5-6,14H2;1H/t10-;/m1./s1. The summed E-state index contributed by atoms with van der Waals surface area (Å²) in [6, 6.07) is 6.56. The van der Waals surface area contributed by atoms with Crippen LogP contribution < -0.4 is 10.5 Å². The molecule has 1 atom stereocenters. The number of hydrogen-bond acceptors (Lipinski definition) is 2. The van der Waals surface area contributed by atoms with Crippen LogP contribution in [0.5, 0.6) is 5.75 Å². The van der Waals surface area contributed by atoms with E-state index in [1.807, 2.05) is 0 Å². The highest BCUT2D eigenvalue weighted by molar-refractivity contribution is 5.85. The zero-order chi connectivity index (χ0) is 10.8. The molecule has 1 aromatic carbocycles. The molecule has 0 heterocycles. The van der Waals surface area contributed by atoms with Crippen LogP contribution in [0.4, 0.5) is 8.78 Å². The summed E-state index contributed by atoms with van der Waals surface area (Å²) in [6.45, 7) is -2.79. The smallest absolute Gasteiger partial charge is 0.387 e. The van der Waals surface area contributed by atoms with E-state index in [9.17, 15) is 8.78 Å². The van der Waals surface area contributed by atoms with Gasteiger partial charge in [0.2, 0.25) is 0 Å². The maximum absolute atomic E-state index is 12.1. The number of benzene rings is 1. The molecule has 2 nitrogen and oxygen atoms in total. The maximum atomic E-state index is 12.1. The number of ether oxygens (including phenoxy) is 1. The number of alkyl halides is 2. The molecule has 0 saturated heterocycles. The van der Waals surface area contributed by atoms with E-state index < -0.39 is 6.61 Å². The first-order chi connectivity index (χ1) is 7.18. The van der Waals surface area contributed by atoms with Crippen molar-refractivity contribution < 1.29 is 13.5 Å². The van der Waals surface area contributed by atoms with E-state index in [1.54, 1.807) is 18.2 Å². The average molecular weight is 250 g/mol. The molecular formula is C11H14ClF2NO. The lowest BCUT2D eigenvalue weighted by molar-refractivity contribution is -0.0506. The molecule has 0 unspecified atom stereocenters. The van der Waals surface area contributed by atoms with Crippen molar-refractivity contribution in [3.05, 3.63) is 29.8 Å². The zero-order valence-corrected chi connectivity index (χ0v) is 9.42. The first kappa shape index (κ1) is 13.2. The normalized spacial score (nSPS) is 16.8. The number of rotatable bonds is 4. The summed E-state index contributed by atoms with van der Waals surface area (Å²) < 4.78 is 28.7. The molecule has 1 aliphatic carbocycles. The fourth-order valence-electron chi connectivity index (χ4n) is 1.67. The van der Waals surface area contributed by atoms with Gasteiger partial charge in [-0.05, 0) is 24.8 Å². The quantitative estimate of drug-likeness (QED) is 0.890. The van der Waals surface area contributed by atoms with Crippen molar-refractivity contribution in [1.82, 2.24) is 0 Å². The van der Waals surface area contributed by atoms with E-state index in [1.165, 1.54) is 6.07 Å². The van der Waals surface area contributed by atoms with Crippen molar-refractivity contribution >= 4 is 12.4 Å². The third-order valence-corrected chi connectivity index (χ3v) is 2.62. The summed E-state index contributed by atoms with van der Waals surface area (Å²) in [5.41, 5.74) is 6.63. The monoisotopic (exact) mass is 249 g/mol. The Labute approximate surface area is 99.2 Å². The minimum Gasteiger partial charge on any atom is -0.434 e. The molecule has 5 heteroatoms. The van der Waals surface area contributed by atoms with Crippen LogP contribution in [0.15, 0.2) is 24.3 Å². The van der Waals surface area contributed by atoms with Gasteiger partial charge in [0.1, 0.15) is 5.75 Å². The van der Waals surface area contributed by atoms with Crippen LogP contribution in [0, 0.1) is 5.92 Å². The Morgan fingerprint density at radius 3 is 2.44 bits per heavy atom. The van der Waals surface area contributed by atoms with Crippen LogP contribution in [-0.2, 0) is 0 Å². The highest BCUT2D eigenvalue weighted by Gasteiger charge is 2.31. The Morgan fingerprint density at radius 2 is 1.88 bits per heavy atom. The second kappa shape index (κ2) is 5.46. The predicted molar refractivity (Wildman–Crippen MR) is 60.0 cm³/mol. The molecule has 0 spiro atoms. The first-order valence-corrected chi connectivity index (χ1v) is 4.98. The summed E-state index contributed by atoms with van der Waals surface area (Å²) in [4.78, 5) is 0. The van der Waals surface area contributed by atoms with Gasteiger partial charge in [0.05, 0.1) is 0 Å². The van der Waals surface area contributed by atoms with E-state index in [0.717, 1.165) is 12.8 Å². The third-order valence-electron chi connectivity index (χ3n) is 2.62. The summed E-state index contributed by atoms with van der Waals surface area (Å²) >= 11 is 0. The molecule has 0 amide bonds. The molecule has 0 radical (unpaired) electrons. The van der Waals surface area contributed by atoms with Crippen molar-refractivity contribution in [2.24, 2.45) is 11.7 Å². The highest BCUT2D eigenvalue weighted by Crippen LogP contribution is 2.42. The predicted octanol–water partition coefficient (Wildman–Crippen LogP) is 3.12. The van der Waals surface area contributed by atoms with E-state index >= 15 is 0 Å². The summed E-state index contributed by atoms with van der Waals surface area (Å²) in [5, 5.41) is 0. The van der Waals surface area contributed by atoms with Gasteiger partial charge in [-0.1, -0.05) is 18.2 Å². The highest BCUT2D eigenvalue weighted by atomic mass is 35.5. The van der Waals surface area contributed by atoms with Crippen LogP contribution in [0.25, 0.3) is 0 Å². The van der Waals surface area contributed by atoms with Gasteiger partial charge in [0, 0.05) is 11.6 Å². The van der Waals surface area contributed by atoms with E-state index in [-0.39, 0.29) is 24.2 Å². The molecule has 90 valence electrons. The average Bonchev–Trinajstić information content (AvgIpc) is 3.00. The lowest BCUT2D eigenvalue weighted by Crippen LogP contribution is -2.15. The molecule has 2 N–H and O–H groups in total. The minimum atomic E-state index is -2.79. The van der Waals surface area contributed by atoms with Gasteiger partial charge >= 0.3 is 6.61 Å². The van der Waals surface area contributed by atoms with Gasteiger partial charge in [-0.3, -0.25) is 0 Å². The molecule has 16 heavy (non-hydrogen) atoms. The largest absolute Gasteiger partial charge is 0.434 e. The van der Waals surface area contributed by atoms with Gasteiger partial charge in [-0.2, -0.15) is 8.78 Å². The molecule has 0 aromatic heterocycles. The number of nitrogens with two attached hydrogens (primary N) is 1. The number of para-hydroxylation sites is 1. The summed E-state index contributed by atoms with van der Waals surface area (Å²) in [7, 11) is 0. The van der Waals surface area contributed by atoms with Gasteiger partial charge in [0.25, 0.3) is 0 Å². The molecule has 1 aliphatic rings. The summed E-state index contributed by atoms with van der Waals surface area (Å²) in [5.74, 6) is 0.624. The summed E-state index contributed by atoms with van der Waals surface area (Å²) in [6.07, 6.45) is 2.15. The van der Waals surface area contributed by atoms with E-state index in [0.29, 0.717) is 11.5 Å². The van der Waals surface area contributed by atoms with Crippen molar-refractivity contribution in [2.75, 3.05) is 0 Å². The van der Waals surface area contributed by atoms with Gasteiger partial charge in [-0.25, -0.2) is 0 Å². The molecule has 1 aromatic rings. The first-order valence-electron chi connectivity index (χ1n) is 4.98. The van der Waals surface area contributed by atoms with Crippen molar-refractivity contribution in [2.45, 2.75) is 25.5 Å². The lowest BCUT2D eigenvalue weighted by Gasteiger charge is -2.15. The van der Waals surface area contributed by atoms with Crippen LogP contribution in [0.2, 0.25) is 0 Å². The Hall–Kier alpha value is -0.870. The van der Waals surface area contributed by atoms with Gasteiger partial charge in [-0.15, -0.1) is 12.4 Å². The second-order valence-corrected chi connectivity index (χ2v) is 3.78. The van der Waals surface area contributed by atoms with Crippen LogP contribution in [0.1, 0.15) is 24.4 Å². The molecule has 2 rings (SSSR count). The molecule has 1 saturated carbocycles. The van der Waals surface area contributed by atoms with Crippen LogP contribution in [0.3, 0.4) is 0 Å². The van der Waals surface area contributed by atoms with E-state index in [2.05, 4.69) is 4.74 Å². The Balaban J connectivity index is 0.00000128. The Kier molecular flexibility index (Phi) is 4.50. The number of halogens is 3.